The largest absolute Gasteiger partial charge is 0.261 e. The highest BCUT2D eigenvalue weighted by Crippen LogP contribution is 2.25. The SMILES string of the molecule is CC(C)(C)c1cc(-c2cccc(Br)n2)ccn1. The van der Waals surface area contributed by atoms with Crippen molar-refractivity contribution >= 4 is 15.9 Å². The predicted molar refractivity (Wildman–Crippen MR) is 73.9 cm³/mol. The lowest BCUT2D eigenvalue weighted by Gasteiger charge is -2.18. The minimum absolute atomic E-state index is 0.0576. The number of hydrogen-bond donors (Lipinski definition) is 0. The number of halogens is 1. The molecule has 0 aromatic carbocycles. The molecule has 0 saturated heterocycles. The van der Waals surface area contributed by atoms with Crippen LogP contribution in [0.2, 0.25) is 0 Å². The second-order valence-electron chi connectivity index (χ2n) is 5.03. The van der Waals surface area contributed by atoms with Gasteiger partial charge >= 0.3 is 0 Å². The molecule has 17 heavy (non-hydrogen) atoms. The Balaban J connectivity index is 2.47. The minimum Gasteiger partial charge on any atom is -0.261 e. The van der Waals surface area contributed by atoms with Gasteiger partial charge in [-0.05, 0) is 40.2 Å². The molecule has 0 radical (unpaired) electrons. The molecule has 0 saturated carbocycles. The lowest BCUT2D eigenvalue weighted by molar-refractivity contribution is 0.569. The summed E-state index contributed by atoms with van der Waals surface area (Å²) in [5.41, 5.74) is 3.21. The Morgan fingerprint density at radius 1 is 1.12 bits per heavy atom. The maximum atomic E-state index is 4.46. The van der Waals surface area contributed by atoms with Crippen molar-refractivity contribution in [2.45, 2.75) is 26.2 Å². The molecule has 3 heteroatoms. The summed E-state index contributed by atoms with van der Waals surface area (Å²) in [5.74, 6) is 0. The van der Waals surface area contributed by atoms with E-state index in [1.165, 1.54) is 0 Å². The maximum Gasteiger partial charge on any atom is 0.106 e. The summed E-state index contributed by atoms with van der Waals surface area (Å²) >= 11 is 3.39. The Hall–Kier alpha value is -1.22. The van der Waals surface area contributed by atoms with Crippen LogP contribution in [0.4, 0.5) is 0 Å². The molecular formula is C14H15BrN2. The van der Waals surface area contributed by atoms with Gasteiger partial charge in [-0.25, -0.2) is 4.98 Å². The van der Waals surface area contributed by atoms with Gasteiger partial charge in [0.05, 0.1) is 5.69 Å². The van der Waals surface area contributed by atoms with E-state index in [0.29, 0.717) is 0 Å². The van der Waals surface area contributed by atoms with Crippen LogP contribution >= 0.6 is 15.9 Å². The minimum atomic E-state index is 0.0576. The third-order valence-corrected chi connectivity index (χ3v) is 2.98. The van der Waals surface area contributed by atoms with Gasteiger partial charge in [0.1, 0.15) is 4.60 Å². The molecule has 2 aromatic rings. The molecule has 0 aliphatic rings. The smallest absolute Gasteiger partial charge is 0.106 e. The highest BCUT2D eigenvalue weighted by molar-refractivity contribution is 9.10. The maximum absolute atomic E-state index is 4.46. The number of nitrogens with zero attached hydrogens (tertiary/aromatic N) is 2. The van der Waals surface area contributed by atoms with Crippen molar-refractivity contribution in [1.82, 2.24) is 9.97 Å². The van der Waals surface area contributed by atoms with E-state index in [1.807, 2.05) is 30.5 Å². The van der Waals surface area contributed by atoms with Crippen LogP contribution in [0.1, 0.15) is 26.5 Å². The van der Waals surface area contributed by atoms with Crippen LogP contribution < -0.4 is 0 Å². The molecule has 2 nitrogen and oxygen atoms in total. The number of rotatable bonds is 1. The van der Waals surface area contributed by atoms with E-state index in [9.17, 15) is 0 Å². The van der Waals surface area contributed by atoms with Gasteiger partial charge in [-0.2, -0.15) is 0 Å². The van der Waals surface area contributed by atoms with Gasteiger partial charge in [0.25, 0.3) is 0 Å². The second-order valence-corrected chi connectivity index (χ2v) is 5.84. The van der Waals surface area contributed by atoms with E-state index >= 15 is 0 Å². The molecule has 2 aromatic heterocycles. The Labute approximate surface area is 110 Å². The standard InChI is InChI=1S/C14H15BrN2/c1-14(2,3)12-9-10(7-8-16-12)11-5-4-6-13(15)17-11/h4-9H,1-3H3. The van der Waals surface area contributed by atoms with Gasteiger partial charge in [0.15, 0.2) is 0 Å². The van der Waals surface area contributed by atoms with E-state index in [2.05, 4.69) is 52.7 Å². The zero-order valence-electron chi connectivity index (χ0n) is 10.2. The number of aromatic nitrogens is 2. The van der Waals surface area contributed by atoms with E-state index in [4.69, 9.17) is 0 Å². The first-order valence-corrected chi connectivity index (χ1v) is 6.35. The zero-order valence-corrected chi connectivity index (χ0v) is 11.8. The summed E-state index contributed by atoms with van der Waals surface area (Å²) in [4.78, 5) is 8.87. The van der Waals surface area contributed by atoms with Crippen molar-refractivity contribution < 1.29 is 0 Å². The molecule has 2 rings (SSSR count). The summed E-state index contributed by atoms with van der Waals surface area (Å²) in [6.45, 7) is 6.48. The van der Waals surface area contributed by atoms with Crippen LogP contribution in [0, 0.1) is 0 Å². The Morgan fingerprint density at radius 2 is 1.88 bits per heavy atom. The Bertz CT molecular complexity index is 530. The fourth-order valence-electron chi connectivity index (χ4n) is 1.57. The summed E-state index contributed by atoms with van der Waals surface area (Å²) in [6.07, 6.45) is 1.85. The average Bonchev–Trinajstić information content (AvgIpc) is 2.28. The van der Waals surface area contributed by atoms with Gasteiger partial charge < -0.3 is 0 Å². The van der Waals surface area contributed by atoms with Crippen molar-refractivity contribution in [1.29, 1.82) is 0 Å². The molecule has 0 unspecified atom stereocenters. The fraction of sp³-hybridized carbons (Fsp3) is 0.286. The number of pyridine rings is 2. The zero-order chi connectivity index (χ0) is 12.5. The molecule has 0 aliphatic carbocycles. The van der Waals surface area contributed by atoms with Crippen LogP contribution in [0.25, 0.3) is 11.3 Å². The van der Waals surface area contributed by atoms with Gasteiger partial charge in [0.2, 0.25) is 0 Å². The first-order chi connectivity index (χ1) is 7.97. The van der Waals surface area contributed by atoms with Crippen molar-refractivity contribution in [2.24, 2.45) is 0 Å². The van der Waals surface area contributed by atoms with Crippen molar-refractivity contribution in [3.05, 3.63) is 46.8 Å². The first kappa shape index (κ1) is 12.2. The van der Waals surface area contributed by atoms with Crippen LogP contribution in [0.15, 0.2) is 41.1 Å². The molecule has 0 spiro atoms. The fourth-order valence-corrected chi connectivity index (χ4v) is 1.91. The first-order valence-electron chi connectivity index (χ1n) is 5.56. The molecule has 88 valence electrons. The molecule has 2 heterocycles. The summed E-state index contributed by atoms with van der Waals surface area (Å²) in [7, 11) is 0. The molecule has 0 amide bonds. The lowest BCUT2D eigenvalue weighted by Crippen LogP contribution is -2.13. The molecular weight excluding hydrogens is 276 g/mol. The molecule has 0 fully saturated rings. The second kappa shape index (κ2) is 4.57. The highest BCUT2D eigenvalue weighted by atomic mass is 79.9. The molecule has 0 aliphatic heterocycles. The summed E-state index contributed by atoms with van der Waals surface area (Å²) in [6, 6.07) is 10.0. The monoisotopic (exact) mass is 290 g/mol. The average molecular weight is 291 g/mol. The summed E-state index contributed by atoms with van der Waals surface area (Å²) in [5, 5.41) is 0. The van der Waals surface area contributed by atoms with E-state index in [1.54, 1.807) is 0 Å². The van der Waals surface area contributed by atoms with Crippen LogP contribution in [-0.4, -0.2) is 9.97 Å². The molecule has 0 bridgehead atoms. The topological polar surface area (TPSA) is 25.8 Å². The van der Waals surface area contributed by atoms with Crippen molar-refractivity contribution in [3.63, 3.8) is 0 Å². The van der Waals surface area contributed by atoms with Crippen LogP contribution in [-0.2, 0) is 5.41 Å². The van der Waals surface area contributed by atoms with E-state index < -0.39 is 0 Å². The van der Waals surface area contributed by atoms with Gasteiger partial charge in [-0.1, -0.05) is 26.8 Å². The predicted octanol–water partition coefficient (Wildman–Crippen LogP) is 4.20. The van der Waals surface area contributed by atoms with Crippen LogP contribution in [0.3, 0.4) is 0 Å². The Morgan fingerprint density at radius 3 is 2.53 bits per heavy atom. The lowest BCUT2D eigenvalue weighted by atomic mass is 9.90. The third-order valence-electron chi connectivity index (χ3n) is 2.54. The van der Waals surface area contributed by atoms with E-state index in [-0.39, 0.29) is 5.41 Å². The van der Waals surface area contributed by atoms with Gasteiger partial charge in [-0.3, -0.25) is 4.98 Å². The Kier molecular flexibility index (Phi) is 3.29. The van der Waals surface area contributed by atoms with Gasteiger partial charge in [-0.15, -0.1) is 0 Å². The third kappa shape index (κ3) is 2.91. The molecule has 0 N–H and O–H groups in total. The van der Waals surface area contributed by atoms with Crippen molar-refractivity contribution in [3.8, 4) is 11.3 Å². The van der Waals surface area contributed by atoms with Gasteiger partial charge in [0, 0.05) is 22.9 Å². The normalized spacial score (nSPS) is 11.5. The number of hydrogen-bond acceptors (Lipinski definition) is 2. The van der Waals surface area contributed by atoms with Crippen molar-refractivity contribution in [2.75, 3.05) is 0 Å². The summed E-state index contributed by atoms with van der Waals surface area (Å²) < 4.78 is 0.851. The quantitative estimate of drug-likeness (QED) is 0.736. The highest BCUT2D eigenvalue weighted by Gasteiger charge is 2.15. The molecule has 0 atom stereocenters. The van der Waals surface area contributed by atoms with E-state index in [0.717, 1.165) is 21.6 Å². The van der Waals surface area contributed by atoms with Crippen LogP contribution in [0.5, 0.6) is 0 Å².